The zero-order valence-corrected chi connectivity index (χ0v) is 11.1. The number of imidazole rings is 1. The van der Waals surface area contributed by atoms with Gasteiger partial charge in [0.15, 0.2) is 5.82 Å². The Morgan fingerprint density at radius 1 is 1.60 bits per heavy atom. The summed E-state index contributed by atoms with van der Waals surface area (Å²) >= 11 is 0. The number of carbonyl (C=O) groups is 1. The fourth-order valence-corrected chi connectivity index (χ4v) is 2.09. The van der Waals surface area contributed by atoms with E-state index in [0.29, 0.717) is 19.0 Å². The third kappa shape index (κ3) is 3.11. The zero-order valence-electron chi connectivity index (χ0n) is 11.1. The van der Waals surface area contributed by atoms with Crippen LogP contribution in [0.25, 0.3) is 0 Å². The highest BCUT2D eigenvalue weighted by molar-refractivity contribution is 5.78. The lowest BCUT2D eigenvalue weighted by atomic mass is 10.3. The van der Waals surface area contributed by atoms with Crippen LogP contribution in [-0.2, 0) is 16.1 Å². The highest BCUT2D eigenvalue weighted by Gasteiger charge is 2.25. The van der Waals surface area contributed by atoms with Crippen LogP contribution in [0.2, 0.25) is 0 Å². The van der Waals surface area contributed by atoms with Crippen LogP contribution in [0, 0.1) is 17.0 Å². The molecule has 0 unspecified atom stereocenters. The molecular formula is C11H16N4O5. The maximum absolute atomic E-state index is 11.5. The van der Waals surface area contributed by atoms with Crippen LogP contribution in [-0.4, -0.2) is 62.8 Å². The molecule has 2 heterocycles. The summed E-state index contributed by atoms with van der Waals surface area (Å²) in [5.74, 6) is 0.0889. The molecule has 0 aliphatic carbocycles. The molecule has 1 saturated heterocycles. The molecule has 0 saturated carbocycles. The van der Waals surface area contributed by atoms with Gasteiger partial charge >= 0.3 is 5.82 Å². The maximum atomic E-state index is 11.5. The SMILES string of the molecule is Cc1ncc([N+](=O)[O-])n1C[C@@H](O)CN1CCOCC1=O. The Labute approximate surface area is 114 Å². The second-order valence-corrected chi connectivity index (χ2v) is 4.58. The lowest BCUT2D eigenvalue weighted by Crippen LogP contribution is -2.46. The van der Waals surface area contributed by atoms with Crippen molar-refractivity contribution in [2.45, 2.75) is 19.6 Å². The largest absolute Gasteiger partial charge is 0.387 e. The summed E-state index contributed by atoms with van der Waals surface area (Å²) in [6.45, 7) is 2.63. The molecule has 1 aliphatic rings. The topological polar surface area (TPSA) is 111 Å². The van der Waals surface area contributed by atoms with Crippen molar-refractivity contribution >= 4 is 11.7 Å². The number of amides is 1. The number of hydrogen-bond donors (Lipinski definition) is 1. The average molecular weight is 284 g/mol. The molecule has 1 aromatic heterocycles. The predicted octanol–water partition coefficient (Wildman–Crippen LogP) is -0.681. The number of carbonyl (C=O) groups excluding carboxylic acids is 1. The maximum Gasteiger partial charge on any atom is 0.342 e. The Kier molecular flexibility index (Phi) is 4.30. The quantitative estimate of drug-likeness (QED) is 0.566. The minimum absolute atomic E-state index is 0.0109. The van der Waals surface area contributed by atoms with Gasteiger partial charge in [-0.2, -0.15) is 0 Å². The van der Waals surface area contributed by atoms with E-state index in [1.54, 1.807) is 6.92 Å². The molecule has 2 rings (SSSR count). The summed E-state index contributed by atoms with van der Waals surface area (Å²) in [5.41, 5.74) is 0. The minimum atomic E-state index is -0.899. The van der Waals surface area contributed by atoms with Crippen LogP contribution in [0.3, 0.4) is 0 Å². The Morgan fingerprint density at radius 3 is 3.00 bits per heavy atom. The number of nitro groups is 1. The van der Waals surface area contributed by atoms with Crippen LogP contribution in [0.5, 0.6) is 0 Å². The lowest BCUT2D eigenvalue weighted by Gasteiger charge is -2.28. The molecule has 9 nitrogen and oxygen atoms in total. The number of aromatic nitrogens is 2. The molecule has 0 spiro atoms. The first-order chi connectivity index (χ1) is 9.49. The summed E-state index contributed by atoms with van der Waals surface area (Å²) in [5, 5.41) is 20.9. The highest BCUT2D eigenvalue weighted by Crippen LogP contribution is 2.14. The first-order valence-corrected chi connectivity index (χ1v) is 6.19. The molecule has 0 aromatic carbocycles. The molecule has 0 radical (unpaired) electrons. The third-order valence-electron chi connectivity index (χ3n) is 3.13. The van der Waals surface area contributed by atoms with Gasteiger partial charge in [-0.25, -0.2) is 9.55 Å². The number of ether oxygens (including phenoxy) is 1. The summed E-state index contributed by atoms with van der Waals surface area (Å²) < 4.78 is 6.32. The minimum Gasteiger partial charge on any atom is -0.387 e. The second-order valence-electron chi connectivity index (χ2n) is 4.58. The van der Waals surface area contributed by atoms with E-state index < -0.39 is 11.0 Å². The number of β-amino-alcohol motifs (C(OH)–C–C–N with tert-alkyl or cyclic N) is 1. The molecule has 1 aliphatic heterocycles. The molecule has 1 N–H and O–H groups in total. The van der Waals surface area contributed by atoms with E-state index in [0.717, 1.165) is 6.20 Å². The first kappa shape index (κ1) is 14.4. The van der Waals surface area contributed by atoms with Gasteiger partial charge in [0.05, 0.1) is 13.2 Å². The predicted molar refractivity (Wildman–Crippen MR) is 67.0 cm³/mol. The van der Waals surface area contributed by atoms with Crippen molar-refractivity contribution in [1.29, 1.82) is 0 Å². The van der Waals surface area contributed by atoms with E-state index in [9.17, 15) is 20.0 Å². The Morgan fingerprint density at radius 2 is 2.35 bits per heavy atom. The Hall–Kier alpha value is -2.00. The lowest BCUT2D eigenvalue weighted by molar-refractivity contribution is -0.392. The van der Waals surface area contributed by atoms with Gasteiger partial charge in [-0.05, 0) is 4.92 Å². The average Bonchev–Trinajstić information content (AvgIpc) is 2.74. The van der Waals surface area contributed by atoms with Crippen molar-refractivity contribution in [3.8, 4) is 0 Å². The molecule has 1 aromatic rings. The number of aliphatic hydroxyl groups is 1. The summed E-state index contributed by atoms with van der Waals surface area (Å²) in [6.07, 6.45) is 0.255. The number of nitrogens with zero attached hydrogens (tertiary/aromatic N) is 4. The fraction of sp³-hybridized carbons (Fsp3) is 0.636. The summed E-state index contributed by atoms with van der Waals surface area (Å²) in [4.78, 5) is 27.2. The van der Waals surface area contributed by atoms with Crippen LogP contribution in [0.1, 0.15) is 5.82 Å². The molecule has 110 valence electrons. The second kappa shape index (κ2) is 5.97. The van der Waals surface area contributed by atoms with E-state index in [-0.39, 0.29) is 31.4 Å². The van der Waals surface area contributed by atoms with Gasteiger partial charge < -0.3 is 24.9 Å². The van der Waals surface area contributed by atoms with Crippen LogP contribution in [0.4, 0.5) is 5.82 Å². The number of aryl methyl sites for hydroxylation is 1. The number of hydrogen-bond acceptors (Lipinski definition) is 6. The number of rotatable bonds is 5. The van der Waals surface area contributed by atoms with Crippen molar-refractivity contribution in [3.05, 3.63) is 22.1 Å². The van der Waals surface area contributed by atoms with Gasteiger partial charge in [-0.15, -0.1) is 0 Å². The molecule has 1 fully saturated rings. The fourth-order valence-electron chi connectivity index (χ4n) is 2.09. The standard InChI is InChI=1S/C11H16N4O5/c1-8-12-4-10(15(18)19)14(8)6-9(16)5-13-2-3-20-7-11(13)17/h4,9,16H,2-3,5-7H2,1H3/t9-/m0/s1. The van der Waals surface area contributed by atoms with E-state index in [1.807, 2.05) is 0 Å². The van der Waals surface area contributed by atoms with Gasteiger partial charge in [0.1, 0.15) is 25.5 Å². The normalized spacial score (nSPS) is 17.3. The monoisotopic (exact) mass is 284 g/mol. The van der Waals surface area contributed by atoms with Crippen molar-refractivity contribution in [1.82, 2.24) is 14.5 Å². The summed E-state index contributed by atoms with van der Waals surface area (Å²) in [7, 11) is 0. The zero-order chi connectivity index (χ0) is 14.7. The van der Waals surface area contributed by atoms with Crippen LogP contribution < -0.4 is 0 Å². The number of morpholine rings is 1. The van der Waals surface area contributed by atoms with Gasteiger partial charge in [0.2, 0.25) is 5.91 Å². The van der Waals surface area contributed by atoms with Crippen molar-refractivity contribution < 1.29 is 19.6 Å². The van der Waals surface area contributed by atoms with E-state index in [1.165, 1.54) is 9.47 Å². The van der Waals surface area contributed by atoms with Crippen LogP contribution >= 0.6 is 0 Å². The molecule has 0 bridgehead atoms. The molecule has 20 heavy (non-hydrogen) atoms. The Balaban J connectivity index is 2.01. The molecule has 1 atom stereocenters. The van der Waals surface area contributed by atoms with Gasteiger partial charge in [0.25, 0.3) is 0 Å². The molecular weight excluding hydrogens is 268 g/mol. The molecule has 9 heteroatoms. The van der Waals surface area contributed by atoms with Crippen LogP contribution in [0.15, 0.2) is 6.20 Å². The summed E-state index contributed by atoms with van der Waals surface area (Å²) in [6, 6.07) is 0. The number of aliphatic hydroxyl groups excluding tert-OH is 1. The van der Waals surface area contributed by atoms with E-state index in [2.05, 4.69) is 4.98 Å². The molecule has 1 amide bonds. The van der Waals surface area contributed by atoms with Crippen molar-refractivity contribution in [3.63, 3.8) is 0 Å². The smallest absolute Gasteiger partial charge is 0.342 e. The van der Waals surface area contributed by atoms with Crippen molar-refractivity contribution in [2.75, 3.05) is 26.3 Å². The van der Waals surface area contributed by atoms with Gasteiger partial charge in [-0.3, -0.25) is 4.79 Å². The van der Waals surface area contributed by atoms with Gasteiger partial charge in [-0.1, -0.05) is 0 Å². The Bertz CT molecular complexity index is 515. The van der Waals surface area contributed by atoms with E-state index >= 15 is 0 Å². The van der Waals surface area contributed by atoms with Gasteiger partial charge in [0, 0.05) is 13.5 Å². The highest BCUT2D eigenvalue weighted by atomic mass is 16.6. The van der Waals surface area contributed by atoms with E-state index in [4.69, 9.17) is 4.74 Å². The third-order valence-corrected chi connectivity index (χ3v) is 3.13. The van der Waals surface area contributed by atoms with Crippen molar-refractivity contribution in [2.24, 2.45) is 0 Å². The first-order valence-electron chi connectivity index (χ1n) is 6.19.